The van der Waals surface area contributed by atoms with Crippen molar-refractivity contribution in [3.05, 3.63) is 106 Å². The van der Waals surface area contributed by atoms with Crippen LogP contribution in [-0.2, 0) is 23.8 Å². The minimum Gasteiger partial charge on any atom is -0.358 e. The minimum atomic E-state index is -4.36. The fraction of sp³-hybridized carbons (Fsp3) is 0.345. The predicted molar refractivity (Wildman–Crippen MR) is 132 cm³/mol. The summed E-state index contributed by atoms with van der Waals surface area (Å²) in [4.78, 5) is 12.5. The molecular formula is C29H31F3N2O. The second-order valence-electron chi connectivity index (χ2n) is 9.11. The molecule has 3 nitrogen and oxygen atoms in total. The summed E-state index contributed by atoms with van der Waals surface area (Å²) in [7, 11) is 1.61. The Kier molecular flexibility index (Phi) is 7.91. The Balaban J connectivity index is 1.58. The molecule has 0 radical (unpaired) electrons. The van der Waals surface area contributed by atoms with Gasteiger partial charge in [0, 0.05) is 13.0 Å². The van der Waals surface area contributed by atoms with Crippen LogP contribution in [0.2, 0.25) is 0 Å². The maximum Gasteiger partial charge on any atom is 0.416 e. The Morgan fingerprint density at radius 1 is 0.857 bits per heavy atom. The number of carbonyl (C=O) groups is 1. The van der Waals surface area contributed by atoms with Gasteiger partial charge in [-0.15, -0.1) is 0 Å². The van der Waals surface area contributed by atoms with Crippen LogP contribution in [0.15, 0.2) is 72.8 Å². The Bertz CT molecular complexity index is 1130. The Morgan fingerprint density at radius 3 is 2.17 bits per heavy atom. The maximum absolute atomic E-state index is 13.1. The molecular weight excluding hydrogens is 449 g/mol. The fourth-order valence-corrected chi connectivity index (χ4v) is 4.92. The van der Waals surface area contributed by atoms with Gasteiger partial charge in [-0.2, -0.15) is 13.2 Å². The predicted octanol–water partition coefficient (Wildman–Crippen LogP) is 6.18. The van der Waals surface area contributed by atoms with E-state index in [9.17, 15) is 18.0 Å². The van der Waals surface area contributed by atoms with Crippen LogP contribution in [0.5, 0.6) is 0 Å². The molecule has 1 aliphatic carbocycles. The maximum atomic E-state index is 13.1. The molecule has 6 heteroatoms. The van der Waals surface area contributed by atoms with Gasteiger partial charge in [0.15, 0.2) is 0 Å². The van der Waals surface area contributed by atoms with Crippen molar-refractivity contribution in [2.24, 2.45) is 0 Å². The summed E-state index contributed by atoms with van der Waals surface area (Å²) in [6.07, 6.45) is 0.746. The Morgan fingerprint density at radius 2 is 1.51 bits per heavy atom. The molecule has 0 saturated heterocycles. The van der Waals surface area contributed by atoms with Crippen LogP contribution in [-0.4, -0.2) is 19.5 Å². The van der Waals surface area contributed by atoms with Crippen LogP contribution in [0.25, 0.3) is 0 Å². The summed E-state index contributed by atoms with van der Waals surface area (Å²) in [5.74, 6) is -0.214. The summed E-state index contributed by atoms with van der Waals surface area (Å²) in [6.45, 7) is 0.524. The largest absolute Gasteiger partial charge is 0.416 e. The normalized spacial score (nSPS) is 15.2. The molecule has 1 amide bonds. The van der Waals surface area contributed by atoms with Crippen LogP contribution in [0, 0.1) is 0 Å². The van der Waals surface area contributed by atoms with E-state index in [0.717, 1.165) is 48.1 Å². The number of alkyl halides is 3. The van der Waals surface area contributed by atoms with Crippen LogP contribution in [0.4, 0.5) is 13.2 Å². The molecule has 0 heterocycles. The van der Waals surface area contributed by atoms with E-state index in [0.29, 0.717) is 13.0 Å². The lowest BCUT2D eigenvalue weighted by Gasteiger charge is -2.24. The third-order valence-corrected chi connectivity index (χ3v) is 6.84. The first-order valence-electron chi connectivity index (χ1n) is 12.2. The van der Waals surface area contributed by atoms with E-state index in [1.165, 1.54) is 17.5 Å². The van der Waals surface area contributed by atoms with Gasteiger partial charge in [0.1, 0.15) is 6.04 Å². The second-order valence-corrected chi connectivity index (χ2v) is 9.11. The zero-order valence-corrected chi connectivity index (χ0v) is 19.9. The molecule has 0 fully saturated rings. The van der Waals surface area contributed by atoms with Gasteiger partial charge in [0.25, 0.3) is 0 Å². The van der Waals surface area contributed by atoms with Crippen molar-refractivity contribution < 1.29 is 18.0 Å². The number of nitrogens with one attached hydrogen (secondary N) is 2. The molecule has 4 rings (SSSR count). The van der Waals surface area contributed by atoms with Gasteiger partial charge in [-0.1, -0.05) is 60.7 Å². The van der Waals surface area contributed by atoms with E-state index in [4.69, 9.17) is 0 Å². The molecule has 3 aromatic rings. The molecule has 0 spiro atoms. The van der Waals surface area contributed by atoms with E-state index in [2.05, 4.69) is 28.8 Å². The zero-order valence-electron chi connectivity index (χ0n) is 19.9. The summed E-state index contributed by atoms with van der Waals surface area (Å²) in [6, 6.07) is 21.0. The first-order valence-corrected chi connectivity index (χ1v) is 12.2. The quantitative estimate of drug-likeness (QED) is 0.404. The molecule has 1 aliphatic rings. The summed E-state index contributed by atoms with van der Waals surface area (Å²) >= 11 is 0. The van der Waals surface area contributed by atoms with Gasteiger partial charge in [-0.25, -0.2) is 0 Å². The highest BCUT2D eigenvalue weighted by atomic mass is 19.4. The highest BCUT2D eigenvalue weighted by molar-refractivity contribution is 5.82. The van der Waals surface area contributed by atoms with Gasteiger partial charge in [-0.3, -0.25) is 4.79 Å². The standard InChI is InChI=1S/C29H31F3N2O/c1-33-28(35)27(22-8-3-2-4-9-22)34-18-17-26(21-13-15-25(16-14-21)29(30,31)32)24-12-11-20-7-5-6-10-23(20)19-24/h2-4,8-9,11-16,19,26-27,34H,5-7,10,17-18H2,1H3,(H,33,35). The number of likely N-dealkylation sites (N-methyl/N-ethyl adjacent to an activating group) is 1. The second kappa shape index (κ2) is 11.1. The SMILES string of the molecule is CNC(=O)C(NCCC(c1ccc(C(F)(F)F)cc1)c1ccc2c(c1)CCCC2)c1ccccc1. The summed E-state index contributed by atoms with van der Waals surface area (Å²) in [5.41, 5.74) is 4.87. The molecule has 0 bridgehead atoms. The van der Waals surface area contributed by atoms with Crippen LogP contribution >= 0.6 is 0 Å². The number of amides is 1. The lowest BCUT2D eigenvalue weighted by atomic mass is 9.83. The molecule has 2 N–H and O–H groups in total. The number of carbonyl (C=O) groups excluding carboxylic acids is 1. The van der Waals surface area contributed by atoms with Gasteiger partial charge in [-0.05, 0) is 78.6 Å². The highest BCUT2D eigenvalue weighted by Gasteiger charge is 2.30. The average Bonchev–Trinajstić information content (AvgIpc) is 2.88. The number of hydrogen-bond acceptors (Lipinski definition) is 2. The van der Waals surface area contributed by atoms with Crippen LogP contribution < -0.4 is 10.6 Å². The average molecular weight is 481 g/mol. The van der Waals surface area contributed by atoms with Gasteiger partial charge >= 0.3 is 6.18 Å². The van der Waals surface area contributed by atoms with Crippen molar-refractivity contribution in [1.29, 1.82) is 0 Å². The van der Waals surface area contributed by atoms with Gasteiger partial charge in [0.2, 0.25) is 5.91 Å². The molecule has 3 aromatic carbocycles. The first-order chi connectivity index (χ1) is 16.9. The van der Waals surface area contributed by atoms with E-state index in [1.54, 1.807) is 19.2 Å². The molecule has 2 atom stereocenters. The van der Waals surface area contributed by atoms with Crippen LogP contribution in [0.1, 0.15) is 64.6 Å². The monoisotopic (exact) mass is 480 g/mol. The van der Waals surface area contributed by atoms with Gasteiger partial charge in [0.05, 0.1) is 5.56 Å². The number of hydrogen-bond donors (Lipinski definition) is 2. The molecule has 35 heavy (non-hydrogen) atoms. The van der Waals surface area contributed by atoms with Crippen LogP contribution in [0.3, 0.4) is 0 Å². The molecule has 0 aliphatic heterocycles. The number of fused-ring (bicyclic) bond motifs is 1. The van der Waals surface area contributed by atoms with Crippen molar-refractivity contribution in [2.75, 3.05) is 13.6 Å². The summed E-state index contributed by atoms with van der Waals surface area (Å²) in [5, 5.41) is 6.07. The highest BCUT2D eigenvalue weighted by Crippen LogP contribution is 2.34. The number of aryl methyl sites for hydroxylation is 2. The van der Waals surface area contributed by atoms with Crippen molar-refractivity contribution in [3.63, 3.8) is 0 Å². The number of rotatable bonds is 8. The molecule has 184 valence electrons. The molecule has 0 saturated carbocycles. The third kappa shape index (κ3) is 6.12. The first kappa shape index (κ1) is 25.0. The fourth-order valence-electron chi connectivity index (χ4n) is 4.92. The van der Waals surface area contributed by atoms with Crippen molar-refractivity contribution in [2.45, 2.75) is 50.2 Å². The zero-order chi connectivity index (χ0) is 24.8. The van der Waals surface area contributed by atoms with E-state index >= 15 is 0 Å². The smallest absolute Gasteiger partial charge is 0.358 e. The van der Waals surface area contributed by atoms with Crippen molar-refractivity contribution in [1.82, 2.24) is 10.6 Å². The third-order valence-electron chi connectivity index (χ3n) is 6.84. The topological polar surface area (TPSA) is 41.1 Å². The summed E-state index contributed by atoms with van der Waals surface area (Å²) < 4.78 is 39.4. The number of benzene rings is 3. The molecule has 2 unspecified atom stereocenters. The van der Waals surface area contributed by atoms with E-state index < -0.39 is 17.8 Å². The lowest BCUT2D eigenvalue weighted by Crippen LogP contribution is -2.36. The van der Waals surface area contributed by atoms with E-state index in [-0.39, 0.29) is 11.8 Å². The lowest BCUT2D eigenvalue weighted by molar-refractivity contribution is -0.137. The number of halogens is 3. The van der Waals surface area contributed by atoms with Gasteiger partial charge < -0.3 is 10.6 Å². The Labute approximate surface area is 204 Å². The minimum absolute atomic E-state index is 0.0851. The van der Waals surface area contributed by atoms with E-state index in [1.807, 2.05) is 30.3 Å². The van der Waals surface area contributed by atoms with Crippen molar-refractivity contribution in [3.8, 4) is 0 Å². The molecule has 0 aromatic heterocycles. The Hall–Kier alpha value is -3.12. The van der Waals surface area contributed by atoms with Crippen molar-refractivity contribution >= 4 is 5.91 Å².